The fraction of sp³-hybridized carbons (Fsp3) is 0.222. The number of hydrogen-bond donors (Lipinski definition) is 2. The number of H-pyrrole nitrogens is 1. The van der Waals surface area contributed by atoms with E-state index in [1.165, 1.54) is 18.3 Å². The minimum Gasteiger partial charge on any atom is -0.475 e. The van der Waals surface area contributed by atoms with Crippen LogP contribution in [-0.4, -0.2) is 31.9 Å². The van der Waals surface area contributed by atoms with Gasteiger partial charge in [-0.3, -0.25) is 4.79 Å². The van der Waals surface area contributed by atoms with Crippen molar-refractivity contribution in [3.63, 3.8) is 0 Å². The number of carbonyl (C=O) groups excluding carboxylic acids is 1. The summed E-state index contributed by atoms with van der Waals surface area (Å²) in [5, 5.41) is 0. The number of hydrogen-bond acceptors (Lipinski definition) is 5. The van der Waals surface area contributed by atoms with Crippen LogP contribution in [0.5, 0.6) is 5.88 Å². The maximum atomic E-state index is 13.2. The molecule has 0 unspecified atom stereocenters. The van der Waals surface area contributed by atoms with Crippen LogP contribution in [0.15, 0.2) is 30.6 Å². The molecule has 10 heteroatoms. The van der Waals surface area contributed by atoms with Crippen LogP contribution in [-0.2, 0) is 11.0 Å². The molecule has 0 aliphatic rings. The first-order valence-corrected chi connectivity index (χ1v) is 8.21. The molecule has 3 N–H and O–H groups in total. The predicted molar refractivity (Wildman–Crippen MR) is 96.1 cm³/mol. The summed E-state index contributed by atoms with van der Waals surface area (Å²) in [7, 11) is 0. The normalized spacial score (nSPS) is 12.2. The van der Waals surface area contributed by atoms with Crippen molar-refractivity contribution < 1.29 is 22.7 Å². The highest BCUT2D eigenvalue weighted by molar-refractivity contribution is 5.93. The number of rotatable bonds is 5. The summed E-state index contributed by atoms with van der Waals surface area (Å²) in [5.41, 5.74) is 5.66. The second-order valence-electron chi connectivity index (χ2n) is 6.18. The van der Waals surface area contributed by atoms with Crippen LogP contribution in [0.4, 0.5) is 13.2 Å². The molecular weight excluding hydrogens is 375 g/mol. The number of halogens is 3. The van der Waals surface area contributed by atoms with Crippen LogP contribution in [0, 0.1) is 0 Å². The molecule has 1 amide bonds. The number of amides is 1. The summed E-state index contributed by atoms with van der Waals surface area (Å²) in [6, 6.07) is 2.26. The summed E-state index contributed by atoms with van der Waals surface area (Å²) in [5.74, 6) is -0.803. The molecule has 146 valence electrons. The Hall–Kier alpha value is -3.43. The average molecular weight is 391 g/mol. The van der Waals surface area contributed by atoms with Gasteiger partial charge in [0.15, 0.2) is 5.65 Å². The van der Waals surface area contributed by atoms with Gasteiger partial charge in [0, 0.05) is 29.5 Å². The van der Waals surface area contributed by atoms with E-state index in [1.54, 1.807) is 20.0 Å². The lowest BCUT2D eigenvalue weighted by Crippen LogP contribution is -2.12. The number of nitrogens with two attached hydrogens (primary N) is 1. The van der Waals surface area contributed by atoms with Gasteiger partial charge >= 0.3 is 6.18 Å². The van der Waals surface area contributed by atoms with E-state index in [-0.39, 0.29) is 23.2 Å². The highest BCUT2D eigenvalue weighted by Gasteiger charge is 2.34. The van der Waals surface area contributed by atoms with Crippen LogP contribution in [0.1, 0.15) is 25.1 Å². The highest BCUT2D eigenvalue weighted by atomic mass is 19.4. The summed E-state index contributed by atoms with van der Waals surface area (Å²) < 4.78 is 45.0. The molecule has 0 spiro atoms. The Morgan fingerprint density at radius 3 is 2.68 bits per heavy atom. The Morgan fingerprint density at radius 2 is 2.04 bits per heavy atom. The standard InChI is InChI=1S/C18H16F3N5O2/c1-9(2)28-15-6-11(5-13(26-15)18(19,20)21)12-8-24-17-16(25-12)10(7-23-17)3-4-14(22)27/h3-9H,1-2H3,(H2,22,27)(H,23,24). The summed E-state index contributed by atoms with van der Waals surface area (Å²) >= 11 is 0. The number of nitrogens with one attached hydrogen (secondary N) is 1. The van der Waals surface area contributed by atoms with Gasteiger partial charge in [0.25, 0.3) is 0 Å². The predicted octanol–water partition coefficient (Wildman–Crippen LogP) is 3.32. The van der Waals surface area contributed by atoms with Crippen molar-refractivity contribution in [2.24, 2.45) is 5.73 Å². The second-order valence-corrected chi connectivity index (χ2v) is 6.18. The van der Waals surface area contributed by atoms with Gasteiger partial charge in [-0.05, 0) is 26.0 Å². The largest absolute Gasteiger partial charge is 0.475 e. The van der Waals surface area contributed by atoms with Gasteiger partial charge in [-0.15, -0.1) is 0 Å². The Kier molecular flexibility index (Phi) is 5.04. The molecule has 0 aromatic carbocycles. The van der Waals surface area contributed by atoms with Crippen LogP contribution < -0.4 is 10.5 Å². The Bertz CT molecular complexity index is 1060. The van der Waals surface area contributed by atoms with Crippen molar-refractivity contribution in [2.45, 2.75) is 26.1 Å². The van der Waals surface area contributed by atoms with Gasteiger partial charge in [-0.1, -0.05) is 0 Å². The molecule has 0 saturated carbocycles. The molecule has 0 fully saturated rings. The van der Waals surface area contributed by atoms with Crippen molar-refractivity contribution in [2.75, 3.05) is 0 Å². The van der Waals surface area contributed by atoms with Gasteiger partial charge in [0.05, 0.1) is 18.0 Å². The molecule has 0 atom stereocenters. The fourth-order valence-corrected chi connectivity index (χ4v) is 2.45. The number of alkyl halides is 3. The molecule has 0 aliphatic carbocycles. The first-order valence-electron chi connectivity index (χ1n) is 8.21. The monoisotopic (exact) mass is 391 g/mol. The SMILES string of the molecule is CC(C)Oc1cc(-c2cnc3[nH]cc(C=CC(N)=O)c3n2)cc(C(F)(F)F)n1. The smallest absolute Gasteiger partial charge is 0.433 e. The Morgan fingerprint density at radius 1 is 1.29 bits per heavy atom. The van der Waals surface area contributed by atoms with E-state index in [0.717, 1.165) is 12.1 Å². The van der Waals surface area contributed by atoms with Crippen LogP contribution in [0.2, 0.25) is 0 Å². The van der Waals surface area contributed by atoms with Crippen molar-refractivity contribution >= 4 is 23.1 Å². The lowest BCUT2D eigenvalue weighted by atomic mass is 10.1. The molecule has 0 radical (unpaired) electrons. The van der Waals surface area contributed by atoms with Crippen molar-refractivity contribution in [1.82, 2.24) is 19.9 Å². The third kappa shape index (κ3) is 4.27. The van der Waals surface area contributed by atoms with Gasteiger partial charge in [-0.25, -0.2) is 15.0 Å². The number of primary amides is 1. The topological polar surface area (TPSA) is 107 Å². The highest BCUT2D eigenvalue weighted by Crippen LogP contribution is 2.33. The van der Waals surface area contributed by atoms with Gasteiger partial charge in [-0.2, -0.15) is 13.2 Å². The quantitative estimate of drug-likeness (QED) is 0.649. The van der Waals surface area contributed by atoms with Gasteiger partial charge < -0.3 is 15.5 Å². The number of ether oxygens (including phenoxy) is 1. The average Bonchev–Trinajstić information content (AvgIpc) is 3.00. The maximum absolute atomic E-state index is 13.2. The number of fused-ring (bicyclic) bond motifs is 1. The molecule has 3 aromatic rings. The van der Waals surface area contributed by atoms with Crippen LogP contribution in [0.25, 0.3) is 28.5 Å². The molecule has 3 heterocycles. The zero-order valence-electron chi connectivity index (χ0n) is 14.9. The molecule has 28 heavy (non-hydrogen) atoms. The Labute approximate surface area is 157 Å². The third-order valence-electron chi connectivity index (χ3n) is 3.58. The number of nitrogens with zero attached hydrogens (tertiary/aromatic N) is 3. The molecule has 3 rings (SSSR count). The van der Waals surface area contributed by atoms with Crippen molar-refractivity contribution in [3.8, 4) is 17.1 Å². The van der Waals surface area contributed by atoms with Crippen LogP contribution in [0.3, 0.4) is 0 Å². The van der Waals surface area contributed by atoms with E-state index in [0.29, 0.717) is 16.7 Å². The first kappa shape index (κ1) is 19.3. The lowest BCUT2D eigenvalue weighted by molar-refractivity contribution is -0.141. The Balaban J connectivity index is 2.12. The first-order chi connectivity index (χ1) is 13.1. The molecule has 0 aliphatic heterocycles. The molecule has 3 aromatic heterocycles. The second kappa shape index (κ2) is 7.29. The van der Waals surface area contributed by atoms with Gasteiger partial charge in [0.1, 0.15) is 11.2 Å². The summed E-state index contributed by atoms with van der Waals surface area (Å²) in [4.78, 5) is 25.9. The molecule has 7 nitrogen and oxygen atoms in total. The van der Waals surface area contributed by atoms with Crippen molar-refractivity contribution in [3.05, 3.63) is 41.9 Å². The molecule has 0 saturated heterocycles. The minimum absolute atomic E-state index is 0.151. The number of aromatic nitrogens is 4. The summed E-state index contributed by atoms with van der Waals surface area (Å²) in [6.07, 6.45) is 0.503. The number of carbonyl (C=O) groups is 1. The zero-order valence-corrected chi connectivity index (χ0v) is 14.9. The number of aromatic amines is 1. The molecule has 0 bridgehead atoms. The van der Waals surface area contributed by atoms with E-state index in [1.807, 2.05) is 0 Å². The van der Waals surface area contributed by atoms with E-state index < -0.39 is 17.8 Å². The van der Waals surface area contributed by atoms with E-state index in [2.05, 4.69) is 19.9 Å². The van der Waals surface area contributed by atoms with E-state index >= 15 is 0 Å². The molecular formula is C18H16F3N5O2. The minimum atomic E-state index is -4.65. The van der Waals surface area contributed by atoms with E-state index in [4.69, 9.17) is 10.5 Å². The maximum Gasteiger partial charge on any atom is 0.433 e. The van der Waals surface area contributed by atoms with Crippen LogP contribution >= 0.6 is 0 Å². The fourth-order valence-electron chi connectivity index (χ4n) is 2.45. The number of pyridine rings is 1. The van der Waals surface area contributed by atoms with E-state index in [9.17, 15) is 18.0 Å². The zero-order chi connectivity index (χ0) is 20.5. The summed E-state index contributed by atoms with van der Waals surface area (Å²) in [6.45, 7) is 3.37. The lowest BCUT2D eigenvalue weighted by Gasteiger charge is -2.13. The van der Waals surface area contributed by atoms with Crippen molar-refractivity contribution in [1.29, 1.82) is 0 Å². The third-order valence-corrected chi connectivity index (χ3v) is 3.58. The van der Waals surface area contributed by atoms with Gasteiger partial charge in [0.2, 0.25) is 11.8 Å².